The van der Waals surface area contributed by atoms with Gasteiger partial charge in [0.1, 0.15) is 6.54 Å². The Hall–Kier alpha value is -2.10. The Bertz CT molecular complexity index is 529. The van der Waals surface area contributed by atoms with Gasteiger partial charge in [0.2, 0.25) is 5.91 Å². The van der Waals surface area contributed by atoms with Gasteiger partial charge in [-0.3, -0.25) is 4.79 Å². The average molecular weight is 271 g/mol. The van der Waals surface area contributed by atoms with E-state index in [0.717, 1.165) is 6.42 Å². The largest absolute Gasteiger partial charge is 0.354 e. The van der Waals surface area contributed by atoms with Crippen molar-refractivity contribution in [3.63, 3.8) is 0 Å². The Morgan fingerprint density at radius 3 is 2.65 bits per heavy atom. The number of nitrogens with zero attached hydrogens (tertiary/aromatic N) is 2. The van der Waals surface area contributed by atoms with Crippen LogP contribution in [0.4, 0.5) is 0 Å². The summed E-state index contributed by atoms with van der Waals surface area (Å²) in [5, 5.41) is 2.92. The second-order valence-electron chi connectivity index (χ2n) is 5.23. The van der Waals surface area contributed by atoms with E-state index in [1.807, 2.05) is 0 Å². The van der Waals surface area contributed by atoms with Crippen molar-refractivity contribution in [1.82, 2.24) is 14.9 Å². The first-order valence-corrected chi connectivity index (χ1v) is 6.96. The highest BCUT2D eigenvalue weighted by Crippen LogP contribution is 2.14. The van der Waals surface area contributed by atoms with E-state index >= 15 is 0 Å². The van der Waals surface area contributed by atoms with Crippen molar-refractivity contribution in [2.24, 2.45) is 0 Å². The number of amides is 1. The van der Waals surface area contributed by atoms with E-state index in [2.05, 4.69) is 48.4 Å². The molecule has 0 saturated heterocycles. The number of carbonyl (C=O) groups excluding carboxylic acids is 1. The number of rotatable bonds is 6. The van der Waals surface area contributed by atoms with Crippen LogP contribution in [0.3, 0.4) is 0 Å². The van der Waals surface area contributed by atoms with Crippen LogP contribution in [-0.2, 0) is 17.8 Å². The number of hydrogen-bond donors (Lipinski definition) is 1. The second-order valence-corrected chi connectivity index (χ2v) is 5.23. The van der Waals surface area contributed by atoms with Gasteiger partial charge in [0, 0.05) is 18.9 Å². The van der Waals surface area contributed by atoms with Gasteiger partial charge >= 0.3 is 0 Å². The quantitative estimate of drug-likeness (QED) is 0.876. The molecule has 0 spiro atoms. The average Bonchev–Trinajstić information content (AvgIpc) is 2.92. The van der Waals surface area contributed by atoms with Crippen LogP contribution in [0.5, 0.6) is 0 Å². The van der Waals surface area contributed by atoms with Gasteiger partial charge in [-0.2, -0.15) is 0 Å². The van der Waals surface area contributed by atoms with Crippen LogP contribution in [-0.4, -0.2) is 22.0 Å². The summed E-state index contributed by atoms with van der Waals surface area (Å²) < 4.78 is 1.76. The summed E-state index contributed by atoms with van der Waals surface area (Å²) in [6.45, 7) is 5.36. The van der Waals surface area contributed by atoms with Gasteiger partial charge in [0.15, 0.2) is 0 Å². The molecule has 1 aromatic heterocycles. The van der Waals surface area contributed by atoms with Crippen LogP contribution >= 0.6 is 0 Å². The molecule has 0 aliphatic carbocycles. The zero-order valence-electron chi connectivity index (χ0n) is 12.0. The summed E-state index contributed by atoms with van der Waals surface area (Å²) in [5.41, 5.74) is 2.59. The standard InChI is InChI=1S/C16H21N3O/c1-13(2)15-5-3-14(4-6-15)7-8-18-16(20)11-19-10-9-17-12-19/h3-6,9-10,12-13H,7-8,11H2,1-2H3,(H,18,20). The maximum Gasteiger partial charge on any atom is 0.239 e. The molecule has 0 radical (unpaired) electrons. The normalized spacial score (nSPS) is 10.8. The van der Waals surface area contributed by atoms with Crippen LogP contribution < -0.4 is 5.32 Å². The van der Waals surface area contributed by atoms with Crippen molar-refractivity contribution in [2.45, 2.75) is 32.7 Å². The third-order valence-corrected chi connectivity index (χ3v) is 3.27. The number of benzene rings is 1. The van der Waals surface area contributed by atoms with Gasteiger partial charge < -0.3 is 9.88 Å². The van der Waals surface area contributed by atoms with E-state index in [4.69, 9.17) is 0 Å². The molecule has 20 heavy (non-hydrogen) atoms. The number of nitrogens with one attached hydrogen (secondary N) is 1. The highest BCUT2D eigenvalue weighted by atomic mass is 16.1. The van der Waals surface area contributed by atoms with E-state index in [0.29, 0.717) is 19.0 Å². The van der Waals surface area contributed by atoms with E-state index in [9.17, 15) is 4.79 Å². The topological polar surface area (TPSA) is 46.9 Å². The molecule has 1 amide bonds. The van der Waals surface area contributed by atoms with Crippen LogP contribution in [0.15, 0.2) is 43.0 Å². The summed E-state index contributed by atoms with van der Waals surface area (Å²) in [5.74, 6) is 0.570. The summed E-state index contributed by atoms with van der Waals surface area (Å²) >= 11 is 0. The van der Waals surface area contributed by atoms with Gasteiger partial charge in [-0.15, -0.1) is 0 Å². The molecule has 4 nitrogen and oxygen atoms in total. The highest BCUT2D eigenvalue weighted by Gasteiger charge is 2.02. The van der Waals surface area contributed by atoms with Crippen molar-refractivity contribution < 1.29 is 4.79 Å². The molecule has 4 heteroatoms. The fourth-order valence-corrected chi connectivity index (χ4v) is 2.02. The summed E-state index contributed by atoms with van der Waals surface area (Å²) in [4.78, 5) is 15.6. The predicted octanol–water partition coefficient (Wildman–Crippen LogP) is 2.37. The molecule has 0 fully saturated rings. The first-order valence-electron chi connectivity index (χ1n) is 6.96. The predicted molar refractivity (Wildman–Crippen MR) is 79.5 cm³/mol. The number of carbonyl (C=O) groups is 1. The number of hydrogen-bond acceptors (Lipinski definition) is 2. The zero-order valence-corrected chi connectivity index (χ0v) is 12.0. The van der Waals surface area contributed by atoms with E-state index in [1.165, 1.54) is 11.1 Å². The maximum absolute atomic E-state index is 11.7. The molecule has 106 valence electrons. The number of aromatic nitrogens is 2. The molecule has 1 N–H and O–H groups in total. The summed E-state index contributed by atoms with van der Waals surface area (Å²) in [6, 6.07) is 8.59. The van der Waals surface area contributed by atoms with Crippen LogP contribution in [0, 0.1) is 0 Å². The molecular formula is C16H21N3O. The summed E-state index contributed by atoms with van der Waals surface area (Å²) in [7, 11) is 0. The molecule has 0 bridgehead atoms. The third kappa shape index (κ3) is 4.23. The fourth-order valence-electron chi connectivity index (χ4n) is 2.02. The van der Waals surface area contributed by atoms with Crippen molar-refractivity contribution in [3.8, 4) is 0 Å². The van der Waals surface area contributed by atoms with Crippen molar-refractivity contribution in [3.05, 3.63) is 54.1 Å². The highest BCUT2D eigenvalue weighted by molar-refractivity contribution is 5.75. The molecule has 0 atom stereocenters. The van der Waals surface area contributed by atoms with Crippen molar-refractivity contribution in [1.29, 1.82) is 0 Å². The molecule has 2 aromatic rings. The monoisotopic (exact) mass is 271 g/mol. The Labute approximate surface area is 119 Å². The number of imidazole rings is 1. The molecule has 0 unspecified atom stereocenters. The third-order valence-electron chi connectivity index (χ3n) is 3.27. The minimum atomic E-state index is 0.0156. The molecule has 2 rings (SSSR count). The van der Waals surface area contributed by atoms with Crippen LogP contribution in [0.2, 0.25) is 0 Å². The van der Waals surface area contributed by atoms with Crippen molar-refractivity contribution >= 4 is 5.91 Å². The van der Waals surface area contributed by atoms with Gasteiger partial charge in [-0.1, -0.05) is 38.1 Å². The maximum atomic E-state index is 11.7. The smallest absolute Gasteiger partial charge is 0.239 e. The molecule has 1 aromatic carbocycles. The Balaban J connectivity index is 1.74. The Morgan fingerprint density at radius 2 is 2.05 bits per heavy atom. The molecule has 0 aliphatic rings. The Kier molecular flexibility index (Phi) is 4.93. The van der Waals surface area contributed by atoms with Gasteiger partial charge in [0.25, 0.3) is 0 Å². The molecule has 1 heterocycles. The first kappa shape index (κ1) is 14.3. The first-order chi connectivity index (χ1) is 9.65. The van der Waals surface area contributed by atoms with E-state index < -0.39 is 0 Å². The van der Waals surface area contributed by atoms with E-state index in [-0.39, 0.29) is 5.91 Å². The second kappa shape index (κ2) is 6.89. The lowest BCUT2D eigenvalue weighted by molar-refractivity contribution is -0.121. The minimum absolute atomic E-state index is 0.0156. The lowest BCUT2D eigenvalue weighted by Gasteiger charge is -2.08. The fraction of sp³-hybridized carbons (Fsp3) is 0.375. The molecule has 0 aliphatic heterocycles. The molecule has 0 saturated carbocycles. The Morgan fingerprint density at radius 1 is 1.30 bits per heavy atom. The zero-order chi connectivity index (χ0) is 14.4. The van der Waals surface area contributed by atoms with Gasteiger partial charge in [0.05, 0.1) is 6.33 Å². The van der Waals surface area contributed by atoms with Gasteiger partial charge in [-0.25, -0.2) is 4.98 Å². The SMILES string of the molecule is CC(C)c1ccc(CCNC(=O)Cn2ccnc2)cc1. The van der Waals surface area contributed by atoms with Crippen molar-refractivity contribution in [2.75, 3.05) is 6.54 Å². The van der Waals surface area contributed by atoms with Crippen LogP contribution in [0.1, 0.15) is 30.9 Å². The van der Waals surface area contributed by atoms with Crippen LogP contribution in [0.25, 0.3) is 0 Å². The lowest BCUT2D eigenvalue weighted by Crippen LogP contribution is -2.29. The van der Waals surface area contributed by atoms with E-state index in [1.54, 1.807) is 23.3 Å². The molecular weight excluding hydrogens is 250 g/mol. The lowest BCUT2D eigenvalue weighted by atomic mass is 10.0. The van der Waals surface area contributed by atoms with Gasteiger partial charge in [-0.05, 0) is 23.5 Å². The summed E-state index contributed by atoms with van der Waals surface area (Å²) in [6.07, 6.45) is 5.95. The minimum Gasteiger partial charge on any atom is -0.354 e.